The van der Waals surface area contributed by atoms with Crippen LogP contribution in [-0.2, 0) is 13.5 Å². The molecule has 1 aromatic heterocycles. The third-order valence-electron chi connectivity index (χ3n) is 3.85. The van der Waals surface area contributed by atoms with E-state index in [1.165, 1.54) is 6.21 Å². The minimum atomic E-state index is 0.564. The molecule has 1 aromatic carbocycles. The standard InChI is InChI=1S/C16H22Cl2N4O/c1-21-15-6-5-13(22(10-7-17)11-8-18)12-14(15)20-16(21)4-2-3-9-19-23/h5-6,9,12,23H,2-4,7-8,10-11H2,1H3/b19-9+. The molecule has 2 aromatic rings. The first kappa shape index (κ1) is 17.9. The number of hydrogen-bond donors (Lipinski definition) is 1. The number of alkyl halides is 2. The van der Waals surface area contributed by atoms with E-state index in [2.05, 4.69) is 32.8 Å². The molecule has 0 unspecified atom stereocenters. The lowest BCUT2D eigenvalue weighted by Crippen LogP contribution is -2.27. The number of oxime groups is 1. The highest BCUT2D eigenvalue weighted by Gasteiger charge is 2.11. The second-order valence-electron chi connectivity index (χ2n) is 5.32. The van der Waals surface area contributed by atoms with Gasteiger partial charge in [0.2, 0.25) is 0 Å². The third kappa shape index (κ3) is 4.52. The molecule has 0 saturated carbocycles. The van der Waals surface area contributed by atoms with Gasteiger partial charge >= 0.3 is 0 Å². The number of unbranched alkanes of at least 4 members (excludes halogenated alkanes) is 1. The quantitative estimate of drug-likeness (QED) is 0.245. The molecule has 0 spiro atoms. The summed E-state index contributed by atoms with van der Waals surface area (Å²) in [5.41, 5.74) is 3.18. The number of nitrogens with zero attached hydrogens (tertiary/aromatic N) is 4. The largest absolute Gasteiger partial charge is 0.411 e. The van der Waals surface area contributed by atoms with Crippen LogP contribution in [0.1, 0.15) is 18.7 Å². The Kier molecular flexibility index (Phi) is 6.99. The van der Waals surface area contributed by atoms with E-state index in [9.17, 15) is 0 Å². The first-order valence-corrected chi connectivity index (χ1v) is 8.76. The fourth-order valence-corrected chi connectivity index (χ4v) is 3.05. The lowest BCUT2D eigenvalue weighted by molar-refractivity contribution is 0.320. The van der Waals surface area contributed by atoms with Crippen molar-refractivity contribution in [2.75, 3.05) is 29.7 Å². The van der Waals surface area contributed by atoms with Crippen molar-refractivity contribution < 1.29 is 5.21 Å². The molecule has 0 saturated heterocycles. The Hall–Kier alpha value is -1.46. The fraction of sp³-hybridized carbons (Fsp3) is 0.500. The van der Waals surface area contributed by atoms with Crippen molar-refractivity contribution in [1.82, 2.24) is 9.55 Å². The summed E-state index contributed by atoms with van der Waals surface area (Å²) in [5.74, 6) is 2.16. The van der Waals surface area contributed by atoms with Crippen molar-refractivity contribution in [2.45, 2.75) is 19.3 Å². The smallest absolute Gasteiger partial charge is 0.109 e. The van der Waals surface area contributed by atoms with Crippen molar-refractivity contribution in [3.63, 3.8) is 0 Å². The van der Waals surface area contributed by atoms with E-state index >= 15 is 0 Å². The summed E-state index contributed by atoms with van der Waals surface area (Å²) in [4.78, 5) is 6.91. The number of imidazole rings is 1. The van der Waals surface area contributed by atoms with Crippen LogP contribution in [0, 0.1) is 0 Å². The van der Waals surface area contributed by atoms with E-state index in [1.807, 2.05) is 7.05 Å². The van der Waals surface area contributed by atoms with E-state index in [4.69, 9.17) is 33.4 Å². The molecular weight excluding hydrogens is 335 g/mol. The van der Waals surface area contributed by atoms with Gasteiger partial charge in [-0.3, -0.25) is 0 Å². The summed E-state index contributed by atoms with van der Waals surface area (Å²) in [7, 11) is 2.03. The number of rotatable bonds is 9. The Morgan fingerprint density at radius 1 is 1.30 bits per heavy atom. The molecule has 126 valence electrons. The predicted octanol–water partition coefficient (Wildman–Crippen LogP) is 3.64. The minimum Gasteiger partial charge on any atom is -0.411 e. The van der Waals surface area contributed by atoms with Crippen LogP contribution in [0.4, 0.5) is 5.69 Å². The zero-order valence-corrected chi connectivity index (χ0v) is 14.8. The highest BCUT2D eigenvalue weighted by atomic mass is 35.5. The molecule has 1 N–H and O–H groups in total. The molecule has 0 atom stereocenters. The average molecular weight is 357 g/mol. The van der Waals surface area contributed by atoms with Crippen LogP contribution in [0.2, 0.25) is 0 Å². The van der Waals surface area contributed by atoms with Crippen molar-refractivity contribution in [2.24, 2.45) is 12.2 Å². The normalized spacial score (nSPS) is 11.6. The van der Waals surface area contributed by atoms with Gasteiger partial charge in [0, 0.05) is 50.2 Å². The summed E-state index contributed by atoms with van der Waals surface area (Å²) in [6, 6.07) is 6.27. The summed E-state index contributed by atoms with van der Waals surface area (Å²) in [6.07, 6.45) is 4.00. The average Bonchev–Trinajstić information content (AvgIpc) is 2.87. The van der Waals surface area contributed by atoms with Crippen LogP contribution in [-0.4, -0.2) is 45.8 Å². The minimum absolute atomic E-state index is 0.564. The molecule has 7 heteroatoms. The van der Waals surface area contributed by atoms with Gasteiger partial charge in [0.1, 0.15) is 5.82 Å². The number of aryl methyl sites for hydroxylation is 2. The second kappa shape index (κ2) is 8.99. The highest BCUT2D eigenvalue weighted by molar-refractivity contribution is 6.18. The van der Waals surface area contributed by atoms with Crippen LogP contribution in [0.3, 0.4) is 0 Å². The molecule has 5 nitrogen and oxygen atoms in total. The lowest BCUT2D eigenvalue weighted by atomic mass is 10.2. The fourth-order valence-electron chi connectivity index (χ4n) is 2.64. The Morgan fingerprint density at radius 3 is 2.70 bits per heavy atom. The molecule has 0 amide bonds. The zero-order chi connectivity index (χ0) is 16.7. The van der Waals surface area contributed by atoms with E-state index in [0.717, 1.165) is 54.9 Å². The van der Waals surface area contributed by atoms with Crippen molar-refractivity contribution in [1.29, 1.82) is 0 Å². The molecule has 2 rings (SSSR count). The van der Waals surface area contributed by atoms with Gasteiger partial charge in [-0.25, -0.2) is 4.98 Å². The summed E-state index contributed by atoms with van der Waals surface area (Å²) >= 11 is 11.8. The molecule has 0 aliphatic carbocycles. The van der Waals surface area contributed by atoms with Crippen molar-refractivity contribution >= 4 is 46.1 Å². The van der Waals surface area contributed by atoms with Crippen molar-refractivity contribution in [3.8, 4) is 0 Å². The van der Waals surface area contributed by atoms with Crippen LogP contribution in [0.5, 0.6) is 0 Å². The van der Waals surface area contributed by atoms with Gasteiger partial charge in [-0.2, -0.15) is 0 Å². The Bertz CT molecular complexity index is 651. The van der Waals surface area contributed by atoms with Gasteiger partial charge in [-0.05, 0) is 31.0 Å². The Labute approximate surface area is 146 Å². The van der Waals surface area contributed by atoms with Crippen LogP contribution >= 0.6 is 23.2 Å². The van der Waals surface area contributed by atoms with E-state index in [1.54, 1.807) is 0 Å². The molecular formula is C16H22Cl2N4O. The molecule has 0 bridgehead atoms. The number of anilines is 1. The Morgan fingerprint density at radius 2 is 2.04 bits per heavy atom. The number of fused-ring (bicyclic) bond motifs is 1. The number of aromatic nitrogens is 2. The maximum Gasteiger partial charge on any atom is 0.109 e. The molecule has 0 aliphatic rings. The molecule has 0 fully saturated rings. The molecule has 0 aliphatic heterocycles. The van der Waals surface area contributed by atoms with E-state index in [-0.39, 0.29) is 0 Å². The number of benzene rings is 1. The van der Waals surface area contributed by atoms with Gasteiger partial charge < -0.3 is 14.7 Å². The van der Waals surface area contributed by atoms with Gasteiger partial charge in [0.25, 0.3) is 0 Å². The highest BCUT2D eigenvalue weighted by Crippen LogP contribution is 2.23. The lowest BCUT2D eigenvalue weighted by Gasteiger charge is -2.22. The topological polar surface area (TPSA) is 53.6 Å². The number of halogens is 2. The SMILES string of the molecule is Cn1c(CCC/C=N/O)nc2cc(N(CCCl)CCCl)ccc21. The molecule has 0 radical (unpaired) electrons. The van der Waals surface area contributed by atoms with Crippen LogP contribution in [0.25, 0.3) is 11.0 Å². The van der Waals surface area contributed by atoms with Gasteiger partial charge in [-0.1, -0.05) is 0 Å². The summed E-state index contributed by atoms with van der Waals surface area (Å²) < 4.78 is 2.11. The molecule has 1 heterocycles. The summed E-state index contributed by atoms with van der Waals surface area (Å²) in [5, 5.41) is 11.4. The van der Waals surface area contributed by atoms with E-state index in [0.29, 0.717) is 11.8 Å². The summed E-state index contributed by atoms with van der Waals surface area (Å²) in [6.45, 7) is 1.53. The third-order valence-corrected chi connectivity index (χ3v) is 4.18. The monoisotopic (exact) mass is 356 g/mol. The maximum absolute atomic E-state index is 8.43. The van der Waals surface area contributed by atoms with Gasteiger partial charge in [-0.15, -0.1) is 28.4 Å². The van der Waals surface area contributed by atoms with Crippen LogP contribution in [0.15, 0.2) is 23.4 Å². The first-order chi connectivity index (χ1) is 11.2. The van der Waals surface area contributed by atoms with Crippen molar-refractivity contribution in [3.05, 3.63) is 24.0 Å². The molecule has 23 heavy (non-hydrogen) atoms. The van der Waals surface area contributed by atoms with Gasteiger partial charge in [0.05, 0.1) is 11.0 Å². The zero-order valence-electron chi connectivity index (χ0n) is 13.3. The second-order valence-corrected chi connectivity index (χ2v) is 6.07. The Balaban J connectivity index is 2.21. The van der Waals surface area contributed by atoms with Gasteiger partial charge in [0.15, 0.2) is 0 Å². The first-order valence-electron chi connectivity index (χ1n) is 7.69. The van der Waals surface area contributed by atoms with E-state index < -0.39 is 0 Å². The maximum atomic E-state index is 8.43. The van der Waals surface area contributed by atoms with Crippen LogP contribution < -0.4 is 4.90 Å². The predicted molar refractivity (Wildman–Crippen MR) is 97.6 cm³/mol. The number of hydrogen-bond acceptors (Lipinski definition) is 4.